The van der Waals surface area contributed by atoms with Crippen LogP contribution in [0, 0.1) is 0 Å². The van der Waals surface area contributed by atoms with Crippen molar-refractivity contribution in [3.63, 3.8) is 0 Å². The molecule has 0 radical (unpaired) electrons. The molecule has 6 heteroatoms. The van der Waals surface area contributed by atoms with Gasteiger partial charge in [0.15, 0.2) is 0 Å². The summed E-state index contributed by atoms with van der Waals surface area (Å²) < 4.78 is 0. The Balaban J connectivity index is 1.82. The minimum Gasteiger partial charge on any atom is -0.359 e. The average molecular weight is 332 g/mol. The van der Waals surface area contributed by atoms with Gasteiger partial charge in [0.25, 0.3) is 0 Å². The summed E-state index contributed by atoms with van der Waals surface area (Å²) in [4.78, 5) is 23.1. The van der Waals surface area contributed by atoms with Crippen LogP contribution in [0.2, 0.25) is 5.02 Å². The molecule has 0 saturated heterocycles. The van der Waals surface area contributed by atoms with Gasteiger partial charge in [0.2, 0.25) is 5.91 Å². The monoisotopic (exact) mass is 331 g/mol. The van der Waals surface area contributed by atoms with E-state index in [4.69, 9.17) is 11.6 Å². The quantitative estimate of drug-likeness (QED) is 0.788. The highest BCUT2D eigenvalue weighted by molar-refractivity contribution is 6.30. The normalized spacial score (nSPS) is 10.0. The lowest BCUT2D eigenvalue weighted by Gasteiger charge is -2.08. The molecule has 23 heavy (non-hydrogen) atoms. The predicted octanol–water partition coefficient (Wildman–Crippen LogP) is 2.95. The highest BCUT2D eigenvalue weighted by Gasteiger charge is 2.04. The second-order valence-corrected chi connectivity index (χ2v) is 5.42. The van der Waals surface area contributed by atoms with E-state index in [1.54, 1.807) is 31.3 Å². The van der Waals surface area contributed by atoms with Crippen LogP contribution in [0.3, 0.4) is 0 Å². The third-order valence-electron chi connectivity index (χ3n) is 3.22. The van der Waals surface area contributed by atoms with Crippen molar-refractivity contribution >= 4 is 29.2 Å². The zero-order valence-corrected chi connectivity index (χ0v) is 13.5. The van der Waals surface area contributed by atoms with Crippen LogP contribution >= 0.6 is 11.6 Å². The number of nitrogens with one attached hydrogen (secondary N) is 3. The first kappa shape index (κ1) is 16.8. The Bertz CT molecular complexity index is 669. The standard InChI is InChI=1S/C17H18ClN3O2/c1-19-16(22)10-12-4-8-15(9-5-12)21-17(23)20-11-13-2-6-14(18)7-3-13/h2-9H,10-11H2,1H3,(H,19,22)(H2,20,21,23). The minimum atomic E-state index is -0.293. The summed E-state index contributed by atoms with van der Waals surface area (Å²) in [6, 6.07) is 14.1. The lowest BCUT2D eigenvalue weighted by molar-refractivity contribution is -0.119. The van der Waals surface area contributed by atoms with Gasteiger partial charge in [-0.3, -0.25) is 4.79 Å². The Morgan fingerprint density at radius 1 is 0.957 bits per heavy atom. The summed E-state index contributed by atoms with van der Waals surface area (Å²) in [5.41, 5.74) is 2.52. The molecule has 0 aliphatic heterocycles. The fourth-order valence-electron chi connectivity index (χ4n) is 1.94. The number of urea groups is 1. The number of likely N-dealkylation sites (N-methyl/N-ethyl adjacent to an activating group) is 1. The van der Waals surface area contributed by atoms with Crippen LogP contribution in [0.4, 0.5) is 10.5 Å². The Morgan fingerprint density at radius 2 is 1.57 bits per heavy atom. The average Bonchev–Trinajstić information content (AvgIpc) is 2.56. The van der Waals surface area contributed by atoms with Gasteiger partial charge in [0.1, 0.15) is 0 Å². The maximum Gasteiger partial charge on any atom is 0.319 e. The molecule has 0 spiro atoms. The summed E-state index contributed by atoms with van der Waals surface area (Å²) in [6.45, 7) is 0.414. The van der Waals surface area contributed by atoms with Gasteiger partial charge in [-0.05, 0) is 35.4 Å². The largest absolute Gasteiger partial charge is 0.359 e. The Hall–Kier alpha value is -2.53. The molecule has 3 amide bonds. The molecule has 0 unspecified atom stereocenters. The van der Waals surface area contributed by atoms with Crippen molar-refractivity contribution in [3.05, 3.63) is 64.7 Å². The summed E-state index contributed by atoms with van der Waals surface area (Å²) in [7, 11) is 1.60. The van der Waals surface area contributed by atoms with Crippen LogP contribution < -0.4 is 16.0 Å². The Labute approximate surface area is 140 Å². The summed E-state index contributed by atoms with van der Waals surface area (Å²) in [6.07, 6.45) is 0.319. The molecule has 0 saturated carbocycles. The summed E-state index contributed by atoms with van der Waals surface area (Å²) in [5, 5.41) is 8.74. The van der Waals surface area contributed by atoms with Crippen LogP contribution in [-0.2, 0) is 17.8 Å². The zero-order valence-electron chi connectivity index (χ0n) is 12.7. The van der Waals surface area contributed by atoms with Crippen LogP contribution in [0.25, 0.3) is 0 Å². The van der Waals surface area contributed by atoms with Gasteiger partial charge in [0, 0.05) is 24.3 Å². The van der Waals surface area contributed by atoms with Crippen molar-refractivity contribution < 1.29 is 9.59 Å². The number of amides is 3. The maximum atomic E-state index is 11.8. The van der Waals surface area contributed by atoms with Crippen molar-refractivity contribution in [2.75, 3.05) is 12.4 Å². The molecule has 0 atom stereocenters. The molecule has 0 aromatic heterocycles. The molecule has 0 aliphatic carbocycles. The molecule has 0 bridgehead atoms. The van der Waals surface area contributed by atoms with E-state index in [-0.39, 0.29) is 11.9 Å². The molecular formula is C17H18ClN3O2. The first-order valence-electron chi connectivity index (χ1n) is 7.15. The van der Waals surface area contributed by atoms with Gasteiger partial charge in [-0.25, -0.2) is 4.79 Å². The maximum absolute atomic E-state index is 11.8. The molecule has 0 aliphatic rings. The van der Waals surface area contributed by atoms with Gasteiger partial charge in [-0.1, -0.05) is 35.9 Å². The molecule has 2 aromatic rings. The van der Waals surface area contributed by atoms with Crippen LogP contribution in [0.5, 0.6) is 0 Å². The molecule has 2 rings (SSSR count). The van der Waals surface area contributed by atoms with Crippen molar-refractivity contribution in [1.29, 1.82) is 0 Å². The summed E-state index contributed by atoms with van der Waals surface area (Å²) >= 11 is 5.81. The first-order valence-corrected chi connectivity index (χ1v) is 7.53. The molecule has 3 N–H and O–H groups in total. The number of benzene rings is 2. The van der Waals surface area contributed by atoms with Crippen molar-refractivity contribution in [2.45, 2.75) is 13.0 Å². The minimum absolute atomic E-state index is 0.0496. The number of halogens is 1. The van der Waals surface area contributed by atoms with E-state index in [9.17, 15) is 9.59 Å². The van der Waals surface area contributed by atoms with E-state index in [1.807, 2.05) is 24.3 Å². The number of carbonyl (C=O) groups excluding carboxylic acids is 2. The molecule has 2 aromatic carbocycles. The number of anilines is 1. The van der Waals surface area contributed by atoms with E-state index in [1.165, 1.54) is 0 Å². The van der Waals surface area contributed by atoms with E-state index in [2.05, 4.69) is 16.0 Å². The van der Waals surface area contributed by atoms with Crippen molar-refractivity contribution in [1.82, 2.24) is 10.6 Å². The van der Waals surface area contributed by atoms with Gasteiger partial charge in [0.05, 0.1) is 6.42 Å². The zero-order chi connectivity index (χ0) is 16.7. The predicted molar refractivity (Wildman–Crippen MR) is 91.5 cm³/mol. The Morgan fingerprint density at radius 3 is 2.17 bits per heavy atom. The van der Waals surface area contributed by atoms with E-state index in [0.29, 0.717) is 23.7 Å². The van der Waals surface area contributed by atoms with Gasteiger partial charge < -0.3 is 16.0 Å². The number of hydrogen-bond acceptors (Lipinski definition) is 2. The molecular weight excluding hydrogens is 314 g/mol. The van der Waals surface area contributed by atoms with Crippen LogP contribution in [-0.4, -0.2) is 19.0 Å². The highest BCUT2D eigenvalue weighted by Crippen LogP contribution is 2.11. The third-order valence-corrected chi connectivity index (χ3v) is 3.47. The van der Waals surface area contributed by atoms with Crippen molar-refractivity contribution in [2.24, 2.45) is 0 Å². The van der Waals surface area contributed by atoms with Crippen LogP contribution in [0.1, 0.15) is 11.1 Å². The second kappa shape index (κ2) is 8.19. The number of hydrogen-bond donors (Lipinski definition) is 3. The highest BCUT2D eigenvalue weighted by atomic mass is 35.5. The van der Waals surface area contributed by atoms with E-state index >= 15 is 0 Å². The van der Waals surface area contributed by atoms with Gasteiger partial charge in [-0.15, -0.1) is 0 Å². The lowest BCUT2D eigenvalue weighted by atomic mass is 10.1. The molecule has 0 heterocycles. The number of rotatable bonds is 5. The second-order valence-electron chi connectivity index (χ2n) is 4.98. The van der Waals surface area contributed by atoms with Gasteiger partial charge in [-0.2, -0.15) is 0 Å². The summed E-state index contributed by atoms with van der Waals surface area (Å²) in [5.74, 6) is -0.0496. The third kappa shape index (κ3) is 5.64. The van der Waals surface area contributed by atoms with Crippen molar-refractivity contribution in [3.8, 4) is 0 Å². The smallest absolute Gasteiger partial charge is 0.319 e. The molecule has 0 fully saturated rings. The fraction of sp³-hybridized carbons (Fsp3) is 0.176. The first-order chi connectivity index (χ1) is 11.1. The fourth-order valence-corrected chi connectivity index (χ4v) is 2.07. The molecule has 5 nitrogen and oxygen atoms in total. The SMILES string of the molecule is CNC(=O)Cc1ccc(NC(=O)NCc2ccc(Cl)cc2)cc1. The van der Waals surface area contributed by atoms with Crippen LogP contribution in [0.15, 0.2) is 48.5 Å². The number of carbonyl (C=O) groups is 2. The topological polar surface area (TPSA) is 70.2 Å². The van der Waals surface area contributed by atoms with E-state index in [0.717, 1.165) is 11.1 Å². The Kier molecular flexibility index (Phi) is 6.00. The lowest BCUT2D eigenvalue weighted by Crippen LogP contribution is -2.28. The van der Waals surface area contributed by atoms with E-state index < -0.39 is 0 Å². The molecule has 120 valence electrons. The van der Waals surface area contributed by atoms with Gasteiger partial charge >= 0.3 is 6.03 Å².